The molecule has 0 saturated heterocycles. The van der Waals surface area contributed by atoms with E-state index >= 15 is 0 Å². The molecule has 2 atom stereocenters. The summed E-state index contributed by atoms with van der Waals surface area (Å²) in [6, 6.07) is 4.66. The standard InChI is InChI=1S/C13H16FNO2/c1-13(2,3)17-12(16)9-7-8(9)10-5-4-6-11(14)15-10/h4-6,8-9H,7H2,1-3H3/t8-,9-/m1/s1. The van der Waals surface area contributed by atoms with Crippen LogP contribution in [0.3, 0.4) is 0 Å². The smallest absolute Gasteiger partial charge is 0.310 e. The highest BCUT2D eigenvalue weighted by molar-refractivity contribution is 5.77. The minimum absolute atomic E-state index is 0.0144. The third kappa shape index (κ3) is 3.02. The summed E-state index contributed by atoms with van der Waals surface area (Å²) in [4.78, 5) is 15.5. The van der Waals surface area contributed by atoms with Gasteiger partial charge in [-0.1, -0.05) is 6.07 Å². The van der Waals surface area contributed by atoms with Crippen molar-refractivity contribution in [2.75, 3.05) is 0 Å². The Morgan fingerprint density at radius 1 is 1.47 bits per heavy atom. The maximum absolute atomic E-state index is 12.9. The average molecular weight is 237 g/mol. The summed E-state index contributed by atoms with van der Waals surface area (Å²) in [5.41, 5.74) is 0.167. The Hall–Kier alpha value is -1.45. The molecule has 2 rings (SSSR count). The van der Waals surface area contributed by atoms with Gasteiger partial charge in [-0.2, -0.15) is 4.39 Å². The fourth-order valence-corrected chi connectivity index (χ4v) is 1.79. The van der Waals surface area contributed by atoms with Crippen molar-refractivity contribution in [2.24, 2.45) is 5.92 Å². The highest BCUT2D eigenvalue weighted by Crippen LogP contribution is 2.47. The van der Waals surface area contributed by atoms with Crippen molar-refractivity contribution < 1.29 is 13.9 Å². The first kappa shape index (κ1) is 12.0. The first-order valence-electron chi connectivity index (χ1n) is 5.72. The Morgan fingerprint density at radius 2 is 2.18 bits per heavy atom. The SMILES string of the molecule is CC(C)(C)OC(=O)[C@@H]1C[C@H]1c1cccc(F)n1. The Bertz CT molecular complexity index is 439. The second kappa shape index (κ2) is 4.09. The maximum Gasteiger partial charge on any atom is 0.310 e. The van der Waals surface area contributed by atoms with Crippen LogP contribution in [0.5, 0.6) is 0 Å². The normalized spacial score (nSPS) is 23.3. The molecule has 0 spiro atoms. The Morgan fingerprint density at radius 3 is 2.76 bits per heavy atom. The van der Waals surface area contributed by atoms with Crippen LogP contribution in [0.2, 0.25) is 0 Å². The van der Waals surface area contributed by atoms with Gasteiger partial charge in [-0.3, -0.25) is 4.79 Å². The van der Waals surface area contributed by atoms with Crippen molar-refractivity contribution in [3.8, 4) is 0 Å². The van der Waals surface area contributed by atoms with Gasteiger partial charge in [0.2, 0.25) is 5.95 Å². The summed E-state index contributed by atoms with van der Waals surface area (Å²) >= 11 is 0. The highest BCUT2D eigenvalue weighted by Gasteiger charge is 2.47. The molecule has 1 aliphatic rings. The predicted octanol–water partition coefficient (Wildman–Crippen LogP) is 2.67. The first-order valence-corrected chi connectivity index (χ1v) is 5.72. The zero-order valence-electron chi connectivity index (χ0n) is 10.2. The van der Waals surface area contributed by atoms with Crippen LogP contribution in [0.15, 0.2) is 18.2 Å². The van der Waals surface area contributed by atoms with E-state index in [0.29, 0.717) is 12.1 Å². The number of hydrogen-bond acceptors (Lipinski definition) is 3. The van der Waals surface area contributed by atoms with Crippen LogP contribution >= 0.6 is 0 Å². The fourth-order valence-electron chi connectivity index (χ4n) is 1.79. The first-order chi connectivity index (χ1) is 7.87. The quantitative estimate of drug-likeness (QED) is 0.586. The number of rotatable bonds is 2. The molecular formula is C13H16FNO2. The largest absolute Gasteiger partial charge is 0.460 e. The molecule has 0 unspecified atom stereocenters. The van der Waals surface area contributed by atoms with E-state index in [1.165, 1.54) is 6.07 Å². The van der Waals surface area contributed by atoms with Gasteiger partial charge in [0.1, 0.15) is 5.60 Å². The van der Waals surface area contributed by atoms with E-state index in [2.05, 4.69) is 4.98 Å². The van der Waals surface area contributed by atoms with E-state index in [1.54, 1.807) is 12.1 Å². The van der Waals surface area contributed by atoms with Crippen molar-refractivity contribution in [2.45, 2.75) is 38.7 Å². The van der Waals surface area contributed by atoms with Crippen molar-refractivity contribution in [3.05, 3.63) is 29.8 Å². The molecule has 1 saturated carbocycles. The number of aromatic nitrogens is 1. The van der Waals surface area contributed by atoms with Crippen molar-refractivity contribution >= 4 is 5.97 Å². The van der Waals surface area contributed by atoms with Gasteiger partial charge in [-0.05, 0) is 39.3 Å². The molecular weight excluding hydrogens is 221 g/mol. The number of halogens is 1. The number of carbonyl (C=O) groups excluding carboxylic acids is 1. The average Bonchev–Trinajstić information content (AvgIpc) is 2.94. The molecule has 0 aromatic carbocycles. The van der Waals surface area contributed by atoms with Crippen LogP contribution in [0, 0.1) is 11.9 Å². The number of hydrogen-bond donors (Lipinski definition) is 0. The molecule has 0 radical (unpaired) electrons. The molecule has 1 aromatic rings. The van der Waals surface area contributed by atoms with E-state index in [9.17, 15) is 9.18 Å². The van der Waals surface area contributed by atoms with Crippen LogP contribution in [0.1, 0.15) is 38.8 Å². The minimum Gasteiger partial charge on any atom is -0.460 e. The molecule has 0 bridgehead atoms. The zero-order chi connectivity index (χ0) is 12.6. The number of pyridine rings is 1. The molecule has 0 aliphatic heterocycles. The zero-order valence-corrected chi connectivity index (χ0v) is 10.2. The van der Waals surface area contributed by atoms with Gasteiger partial charge in [0, 0.05) is 11.6 Å². The van der Waals surface area contributed by atoms with Crippen molar-refractivity contribution in [1.29, 1.82) is 0 Å². The monoisotopic (exact) mass is 237 g/mol. The van der Waals surface area contributed by atoms with Gasteiger partial charge in [0.15, 0.2) is 0 Å². The van der Waals surface area contributed by atoms with E-state index < -0.39 is 11.5 Å². The Labute approximate surface area is 100 Å². The second-order valence-electron chi connectivity index (χ2n) is 5.37. The Balaban J connectivity index is 1.99. The van der Waals surface area contributed by atoms with Crippen LogP contribution in [-0.4, -0.2) is 16.6 Å². The lowest BCUT2D eigenvalue weighted by Gasteiger charge is -2.19. The third-order valence-electron chi connectivity index (χ3n) is 2.62. The van der Waals surface area contributed by atoms with Crippen molar-refractivity contribution in [1.82, 2.24) is 4.98 Å². The summed E-state index contributed by atoms with van der Waals surface area (Å²) in [5, 5.41) is 0. The molecule has 0 N–H and O–H groups in total. The number of nitrogens with zero attached hydrogens (tertiary/aromatic N) is 1. The van der Waals surface area contributed by atoms with E-state index in [4.69, 9.17) is 4.74 Å². The van der Waals surface area contributed by atoms with Gasteiger partial charge >= 0.3 is 5.97 Å². The number of ether oxygens (including phenoxy) is 1. The summed E-state index contributed by atoms with van der Waals surface area (Å²) in [5.74, 6) is -0.866. The molecule has 3 nitrogen and oxygen atoms in total. The molecule has 1 aliphatic carbocycles. The maximum atomic E-state index is 12.9. The second-order valence-corrected chi connectivity index (χ2v) is 5.37. The molecule has 17 heavy (non-hydrogen) atoms. The summed E-state index contributed by atoms with van der Waals surface area (Å²) < 4.78 is 18.2. The number of carbonyl (C=O) groups is 1. The number of esters is 1. The lowest BCUT2D eigenvalue weighted by Crippen LogP contribution is -2.25. The highest BCUT2D eigenvalue weighted by atomic mass is 19.1. The van der Waals surface area contributed by atoms with E-state index in [-0.39, 0.29) is 17.8 Å². The molecule has 4 heteroatoms. The van der Waals surface area contributed by atoms with Crippen LogP contribution < -0.4 is 0 Å². The van der Waals surface area contributed by atoms with Crippen LogP contribution in [-0.2, 0) is 9.53 Å². The molecule has 92 valence electrons. The summed E-state index contributed by atoms with van der Waals surface area (Å²) in [7, 11) is 0. The molecule has 1 aromatic heterocycles. The Kier molecular flexibility index (Phi) is 2.89. The van der Waals surface area contributed by atoms with E-state index in [0.717, 1.165) is 0 Å². The van der Waals surface area contributed by atoms with Gasteiger partial charge < -0.3 is 4.74 Å². The van der Waals surface area contributed by atoms with Crippen molar-refractivity contribution in [3.63, 3.8) is 0 Å². The predicted molar refractivity (Wildman–Crippen MR) is 60.9 cm³/mol. The lowest BCUT2D eigenvalue weighted by molar-refractivity contribution is -0.156. The van der Waals surface area contributed by atoms with E-state index in [1.807, 2.05) is 20.8 Å². The van der Waals surface area contributed by atoms with Crippen LogP contribution in [0.4, 0.5) is 4.39 Å². The van der Waals surface area contributed by atoms with Gasteiger partial charge in [-0.15, -0.1) is 0 Å². The third-order valence-corrected chi connectivity index (χ3v) is 2.62. The molecule has 0 amide bonds. The fraction of sp³-hybridized carbons (Fsp3) is 0.538. The lowest BCUT2D eigenvalue weighted by atomic mass is 10.2. The topological polar surface area (TPSA) is 39.2 Å². The van der Waals surface area contributed by atoms with Gasteiger partial charge in [-0.25, -0.2) is 4.98 Å². The summed E-state index contributed by atoms with van der Waals surface area (Å²) in [6.45, 7) is 5.51. The van der Waals surface area contributed by atoms with Gasteiger partial charge in [0.25, 0.3) is 0 Å². The van der Waals surface area contributed by atoms with Crippen LogP contribution in [0.25, 0.3) is 0 Å². The molecule has 1 fully saturated rings. The van der Waals surface area contributed by atoms with Gasteiger partial charge in [0.05, 0.1) is 5.92 Å². The minimum atomic E-state index is -0.502. The molecule has 1 heterocycles. The summed E-state index contributed by atoms with van der Waals surface area (Å²) in [6.07, 6.45) is 0.700.